The number of carbonyl (C=O) groups excluding carboxylic acids is 3. The second-order valence-electron chi connectivity index (χ2n) is 10.9. The Bertz CT molecular complexity index is 1020. The maximum Gasteiger partial charge on any atom is 0.410 e. The summed E-state index contributed by atoms with van der Waals surface area (Å²) >= 11 is 0. The van der Waals surface area contributed by atoms with Crippen molar-refractivity contribution >= 4 is 23.8 Å². The molecule has 0 fully saturated rings. The summed E-state index contributed by atoms with van der Waals surface area (Å²) in [5, 5.41) is 0. The van der Waals surface area contributed by atoms with Gasteiger partial charge in [-0.2, -0.15) is 0 Å². The highest BCUT2D eigenvalue weighted by molar-refractivity contribution is 5.76. The van der Waals surface area contributed by atoms with Crippen LogP contribution < -0.4 is 11.5 Å². The smallest absolute Gasteiger partial charge is 0.410 e. The molecule has 0 atom stereocenters. The van der Waals surface area contributed by atoms with Crippen LogP contribution in [-0.4, -0.2) is 53.2 Å². The van der Waals surface area contributed by atoms with Gasteiger partial charge in [0.25, 0.3) is 0 Å². The van der Waals surface area contributed by atoms with Crippen LogP contribution in [-0.2, 0) is 33.8 Å². The number of benzene rings is 2. The highest BCUT2D eigenvalue weighted by Crippen LogP contribution is 2.13. The molecule has 0 aliphatic rings. The van der Waals surface area contributed by atoms with E-state index in [9.17, 15) is 14.4 Å². The lowest BCUT2D eigenvalue weighted by Gasteiger charge is -2.24. The van der Waals surface area contributed by atoms with Gasteiger partial charge >= 0.3 is 12.2 Å². The molecule has 0 spiro atoms. The van der Waals surface area contributed by atoms with E-state index in [4.69, 9.17) is 20.9 Å². The third kappa shape index (κ3) is 13.8. The predicted molar refractivity (Wildman–Crippen MR) is 146 cm³/mol. The number of hydrogen-bond acceptors (Lipinski definition) is 6. The Morgan fingerprint density at radius 1 is 0.676 bits per heavy atom. The first-order valence-electron chi connectivity index (χ1n) is 12.0. The second kappa shape index (κ2) is 13.5. The van der Waals surface area contributed by atoms with Gasteiger partial charge in [0, 0.05) is 32.9 Å². The van der Waals surface area contributed by atoms with E-state index in [0.29, 0.717) is 18.8 Å². The van der Waals surface area contributed by atoms with Crippen LogP contribution in [0, 0.1) is 0 Å². The van der Waals surface area contributed by atoms with Gasteiger partial charge in [-0.1, -0.05) is 36.4 Å². The standard InChI is InChI=1S/C15H22N2O3.C13H20N2O2/c1-15(2,3)20-14(19)17(4)10-12-7-5-11(6-8-12)9-13(16)18;1-13(2,3)17-12(16)15(4)9-10-5-7-11(14)8-6-10/h5-8H,9-10H2,1-4H3,(H2,16,18);5-8H,9,14H2,1-4H3. The molecular weight excluding hydrogens is 472 g/mol. The number of nitrogens with zero attached hydrogens (tertiary/aromatic N) is 2. The highest BCUT2D eigenvalue weighted by Gasteiger charge is 2.20. The van der Waals surface area contributed by atoms with Gasteiger partial charge in [0.15, 0.2) is 0 Å². The molecule has 9 heteroatoms. The quantitative estimate of drug-likeness (QED) is 0.537. The number of hydrogen-bond donors (Lipinski definition) is 2. The maximum absolute atomic E-state index is 11.8. The molecule has 0 radical (unpaired) electrons. The molecule has 0 heterocycles. The Labute approximate surface area is 220 Å². The van der Waals surface area contributed by atoms with E-state index >= 15 is 0 Å². The molecule has 9 nitrogen and oxygen atoms in total. The monoisotopic (exact) mass is 514 g/mol. The molecule has 204 valence electrons. The minimum absolute atomic E-state index is 0.224. The van der Waals surface area contributed by atoms with Crippen molar-refractivity contribution in [3.63, 3.8) is 0 Å². The average Bonchev–Trinajstić information content (AvgIpc) is 2.74. The summed E-state index contributed by atoms with van der Waals surface area (Å²) in [7, 11) is 3.40. The summed E-state index contributed by atoms with van der Waals surface area (Å²) in [6.45, 7) is 12.0. The van der Waals surface area contributed by atoms with Crippen LogP contribution in [0.4, 0.5) is 15.3 Å². The third-order valence-corrected chi connectivity index (χ3v) is 4.63. The van der Waals surface area contributed by atoms with Crippen LogP contribution in [0.3, 0.4) is 0 Å². The zero-order chi connectivity index (χ0) is 28.4. The lowest BCUT2D eigenvalue weighted by Crippen LogP contribution is -2.33. The Morgan fingerprint density at radius 2 is 1.00 bits per heavy atom. The van der Waals surface area contributed by atoms with Crippen molar-refractivity contribution in [2.45, 2.75) is 72.3 Å². The largest absolute Gasteiger partial charge is 0.444 e. The number of nitrogens with two attached hydrogens (primary N) is 2. The molecule has 2 aromatic carbocycles. The third-order valence-electron chi connectivity index (χ3n) is 4.63. The summed E-state index contributed by atoms with van der Waals surface area (Å²) in [6, 6.07) is 14.9. The minimum atomic E-state index is -0.503. The minimum Gasteiger partial charge on any atom is -0.444 e. The Kier molecular flexibility index (Phi) is 11.4. The van der Waals surface area contributed by atoms with Crippen molar-refractivity contribution in [3.8, 4) is 0 Å². The number of amides is 3. The van der Waals surface area contributed by atoms with E-state index in [2.05, 4.69) is 0 Å². The van der Waals surface area contributed by atoms with Crippen molar-refractivity contribution in [1.29, 1.82) is 0 Å². The van der Waals surface area contributed by atoms with E-state index in [0.717, 1.165) is 16.7 Å². The van der Waals surface area contributed by atoms with Gasteiger partial charge < -0.3 is 30.7 Å². The number of primary amides is 1. The van der Waals surface area contributed by atoms with Crippen molar-refractivity contribution in [3.05, 3.63) is 65.2 Å². The topological polar surface area (TPSA) is 128 Å². The second-order valence-corrected chi connectivity index (χ2v) is 10.9. The molecular formula is C28H42N4O5. The maximum atomic E-state index is 11.8. The fraction of sp³-hybridized carbons (Fsp3) is 0.464. The number of carbonyl (C=O) groups is 3. The molecule has 4 N–H and O–H groups in total. The zero-order valence-electron chi connectivity index (χ0n) is 23.3. The van der Waals surface area contributed by atoms with Crippen LogP contribution in [0.15, 0.2) is 48.5 Å². The fourth-order valence-electron chi connectivity index (χ4n) is 2.94. The first kappa shape index (κ1) is 31.3. The van der Waals surface area contributed by atoms with Crippen LogP contribution >= 0.6 is 0 Å². The van der Waals surface area contributed by atoms with E-state index < -0.39 is 11.2 Å². The molecule has 0 aliphatic carbocycles. The zero-order valence-corrected chi connectivity index (χ0v) is 23.3. The number of anilines is 1. The summed E-state index contributed by atoms with van der Waals surface area (Å²) in [4.78, 5) is 37.4. The average molecular weight is 515 g/mol. The fourth-order valence-corrected chi connectivity index (χ4v) is 2.94. The van der Waals surface area contributed by atoms with Crippen molar-refractivity contribution in [2.24, 2.45) is 5.73 Å². The number of nitrogen functional groups attached to an aromatic ring is 1. The molecule has 37 heavy (non-hydrogen) atoms. The van der Waals surface area contributed by atoms with E-state index in [-0.39, 0.29) is 24.5 Å². The first-order chi connectivity index (χ1) is 16.9. The van der Waals surface area contributed by atoms with Crippen molar-refractivity contribution in [1.82, 2.24) is 9.80 Å². The summed E-state index contributed by atoms with van der Waals surface area (Å²) in [5.74, 6) is -0.358. The molecule has 0 saturated carbocycles. The SMILES string of the molecule is CN(Cc1ccc(CC(N)=O)cc1)C(=O)OC(C)(C)C.CN(Cc1ccc(N)cc1)C(=O)OC(C)(C)C. The van der Waals surface area contributed by atoms with Crippen molar-refractivity contribution in [2.75, 3.05) is 19.8 Å². The van der Waals surface area contributed by atoms with Crippen LogP contribution in [0.5, 0.6) is 0 Å². The molecule has 0 unspecified atom stereocenters. The molecule has 0 aliphatic heterocycles. The van der Waals surface area contributed by atoms with Gasteiger partial charge in [0.1, 0.15) is 11.2 Å². The van der Waals surface area contributed by atoms with Crippen LogP contribution in [0.1, 0.15) is 58.2 Å². The molecule has 0 bridgehead atoms. The number of ether oxygens (including phenoxy) is 2. The Balaban J connectivity index is 0.000000375. The molecule has 0 aromatic heterocycles. The van der Waals surface area contributed by atoms with E-state index in [1.807, 2.05) is 90.1 Å². The highest BCUT2D eigenvalue weighted by atomic mass is 16.6. The van der Waals surface area contributed by atoms with Crippen LogP contribution in [0.25, 0.3) is 0 Å². The molecule has 2 aromatic rings. The van der Waals surface area contributed by atoms with Gasteiger partial charge in [-0.3, -0.25) is 4.79 Å². The van der Waals surface area contributed by atoms with Gasteiger partial charge in [0.05, 0.1) is 6.42 Å². The van der Waals surface area contributed by atoms with Crippen LogP contribution in [0.2, 0.25) is 0 Å². The van der Waals surface area contributed by atoms with Gasteiger partial charge in [-0.15, -0.1) is 0 Å². The Morgan fingerprint density at radius 3 is 1.32 bits per heavy atom. The summed E-state index contributed by atoms with van der Waals surface area (Å²) in [5.41, 5.74) is 13.3. The lowest BCUT2D eigenvalue weighted by atomic mass is 10.1. The molecule has 0 saturated heterocycles. The van der Waals surface area contributed by atoms with E-state index in [1.54, 1.807) is 14.1 Å². The van der Waals surface area contributed by atoms with Gasteiger partial charge in [-0.25, -0.2) is 9.59 Å². The predicted octanol–water partition coefficient (Wildman–Crippen LogP) is 4.72. The van der Waals surface area contributed by atoms with E-state index in [1.165, 1.54) is 9.80 Å². The van der Waals surface area contributed by atoms with Crippen molar-refractivity contribution < 1.29 is 23.9 Å². The molecule has 3 amide bonds. The summed E-state index contributed by atoms with van der Waals surface area (Å²) in [6.07, 6.45) is -0.463. The Hall–Kier alpha value is -3.75. The number of rotatable bonds is 6. The lowest BCUT2D eigenvalue weighted by molar-refractivity contribution is -0.117. The normalized spacial score (nSPS) is 11.0. The summed E-state index contributed by atoms with van der Waals surface area (Å²) < 4.78 is 10.5. The molecule has 2 rings (SSSR count). The first-order valence-corrected chi connectivity index (χ1v) is 12.0. The van der Waals surface area contributed by atoms with Gasteiger partial charge in [0.2, 0.25) is 5.91 Å². The van der Waals surface area contributed by atoms with Gasteiger partial charge in [-0.05, 0) is 70.4 Å².